The number of rotatable bonds is 2. The molecule has 1 amide bonds. The van der Waals surface area contributed by atoms with Crippen molar-refractivity contribution in [3.05, 3.63) is 36.2 Å². The second kappa shape index (κ2) is 6.90. The third kappa shape index (κ3) is 3.76. The second-order valence-corrected chi connectivity index (χ2v) is 7.43. The molecular formula is C19H23N3O4. The molecule has 2 atom stereocenters. The predicted molar refractivity (Wildman–Crippen MR) is 95.6 cm³/mol. The van der Waals surface area contributed by atoms with Gasteiger partial charge in [0.15, 0.2) is 0 Å². The van der Waals surface area contributed by atoms with E-state index in [1.54, 1.807) is 17.3 Å². The van der Waals surface area contributed by atoms with Crippen LogP contribution in [0.1, 0.15) is 32.3 Å². The van der Waals surface area contributed by atoms with Crippen LogP contribution in [0.2, 0.25) is 0 Å². The number of ether oxygens (including phenoxy) is 2. The Morgan fingerprint density at radius 1 is 1.19 bits per heavy atom. The Bertz CT molecular complexity index is 831. The fourth-order valence-corrected chi connectivity index (χ4v) is 3.18. The molecule has 3 rings (SSSR count). The fourth-order valence-electron chi connectivity index (χ4n) is 3.18. The summed E-state index contributed by atoms with van der Waals surface area (Å²) in [5.41, 5.74) is 1.81. The first-order chi connectivity index (χ1) is 12.3. The van der Waals surface area contributed by atoms with Gasteiger partial charge >= 0.3 is 12.1 Å². The highest BCUT2D eigenvalue weighted by Crippen LogP contribution is 2.34. The van der Waals surface area contributed by atoms with Crippen molar-refractivity contribution in [2.45, 2.75) is 32.3 Å². The van der Waals surface area contributed by atoms with E-state index >= 15 is 0 Å². The summed E-state index contributed by atoms with van der Waals surface area (Å²) in [6, 6.07) is 5.62. The zero-order valence-corrected chi connectivity index (χ0v) is 15.4. The minimum atomic E-state index is -0.593. The number of esters is 1. The predicted octanol–water partition coefficient (Wildman–Crippen LogP) is 2.75. The molecule has 7 nitrogen and oxygen atoms in total. The minimum absolute atomic E-state index is 0.214. The lowest BCUT2D eigenvalue weighted by atomic mass is 9.90. The van der Waals surface area contributed by atoms with E-state index < -0.39 is 17.6 Å². The topological polar surface area (TPSA) is 81.6 Å². The van der Waals surface area contributed by atoms with Gasteiger partial charge in [-0.1, -0.05) is 0 Å². The van der Waals surface area contributed by atoms with Crippen LogP contribution in [0.25, 0.3) is 11.0 Å². The van der Waals surface area contributed by atoms with E-state index in [1.165, 1.54) is 7.11 Å². The maximum Gasteiger partial charge on any atom is 0.410 e. The summed E-state index contributed by atoms with van der Waals surface area (Å²) in [5, 5.41) is 0. The first-order valence-corrected chi connectivity index (χ1v) is 8.55. The molecule has 2 aromatic heterocycles. The molecule has 3 heterocycles. The van der Waals surface area contributed by atoms with Gasteiger partial charge in [0, 0.05) is 31.4 Å². The average molecular weight is 357 g/mol. The number of hydrogen-bond acceptors (Lipinski definition) is 6. The summed E-state index contributed by atoms with van der Waals surface area (Å²) in [6.07, 6.45) is 3.01. The lowest BCUT2D eigenvalue weighted by Crippen LogP contribution is -2.36. The molecule has 2 aromatic rings. The van der Waals surface area contributed by atoms with Gasteiger partial charge in [-0.25, -0.2) is 4.79 Å². The van der Waals surface area contributed by atoms with Gasteiger partial charge in [0.2, 0.25) is 0 Å². The maximum atomic E-state index is 12.4. The van der Waals surface area contributed by atoms with Gasteiger partial charge in [-0.15, -0.1) is 0 Å². The van der Waals surface area contributed by atoms with Crippen molar-refractivity contribution < 1.29 is 19.1 Å². The Hall–Kier alpha value is -2.70. The molecule has 0 spiro atoms. The van der Waals surface area contributed by atoms with Crippen LogP contribution < -0.4 is 0 Å². The smallest absolute Gasteiger partial charge is 0.410 e. The molecular weight excluding hydrogens is 334 g/mol. The third-order valence-electron chi connectivity index (χ3n) is 4.38. The first-order valence-electron chi connectivity index (χ1n) is 8.55. The van der Waals surface area contributed by atoms with E-state index in [1.807, 2.05) is 39.0 Å². The van der Waals surface area contributed by atoms with E-state index in [9.17, 15) is 9.59 Å². The van der Waals surface area contributed by atoms with Gasteiger partial charge in [-0.05, 0) is 44.5 Å². The lowest BCUT2D eigenvalue weighted by Gasteiger charge is -2.24. The number of amides is 1. The van der Waals surface area contributed by atoms with Gasteiger partial charge in [-0.3, -0.25) is 14.8 Å². The van der Waals surface area contributed by atoms with E-state index in [0.29, 0.717) is 6.54 Å². The van der Waals surface area contributed by atoms with Crippen LogP contribution in [0, 0.1) is 5.92 Å². The molecule has 0 N–H and O–H groups in total. The van der Waals surface area contributed by atoms with Crippen molar-refractivity contribution in [3.8, 4) is 0 Å². The van der Waals surface area contributed by atoms with E-state index in [2.05, 4.69) is 9.97 Å². The highest BCUT2D eigenvalue weighted by atomic mass is 16.6. The minimum Gasteiger partial charge on any atom is -0.469 e. The standard InChI is InChI=1S/C19H23N3O4/c1-19(2,3)26-18(24)22-10-13(14(11-22)17(23)25-4)12-8-16-15(21-9-12)6-5-7-20-16/h5-9,13-14H,10-11H2,1-4H3/t13-,14+/m0/s1. The Labute approximate surface area is 152 Å². The van der Waals surface area contributed by atoms with Crippen LogP contribution >= 0.6 is 0 Å². The number of aromatic nitrogens is 2. The van der Waals surface area contributed by atoms with Crippen LogP contribution in [-0.4, -0.2) is 52.7 Å². The maximum absolute atomic E-state index is 12.4. The number of carbonyl (C=O) groups excluding carboxylic acids is 2. The van der Waals surface area contributed by atoms with E-state index in [-0.39, 0.29) is 18.4 Å². The summed E-state index contributed by atoms with van der Waals surface area (Å²) >= 11 is 0. The average Bonchev–Trinajstić information content (AvgIpc) is 3.05. The molecule has 1 aliphatic rings. The molecule has 0 bridgehead atoms. The normalized spacial score (nSPS) is 20.2. The van der Waals surface area contributed by atoms with E-state index in [4.69, 9.17) is 9.47 Å². The Morgan fingerprint density at radius 2 is 1.96 bits per heavy atom. The fraction of sp³-hybridized carbons (Fsp3) is 0.474. The van der Waals surface area contributed by atoms with Crippen LogP contribution in [0.3, 0.4) is 0 Å². The van der Waals surface area contributed by atoms with Crippen LogP contribution in [0.4, 0.5) is 4.79 Å². The summed E-state index contributed by atoms with van der Waals surface area (Å²) in [7, 11) is 1.36. The van der Waals surface area contributed by atoms with Crippen molar-refractivity contribution in [1.29, 1.82) is 0 Å². The third-order valence-corrected chi connectivity index (χ3v) is 4.38. The van der Waals surface area contributed by atoms with Crippen molar-refractivity contribution in [2.75, 3.05) is 20.2 Å². The SMILES string of the molecule is COC(=O)[C@@H]1CN(C(=O)OC(C)(C)C)C[C@H]1c1cnc2cccnc2c1. The highest BCUT2D eigenvalue weighted by molar-refractivity contribution is 5.78. The number of pyridine rings is 2. The molecule has 1 saturated heterocycles. The molecule has 7 heteroatoms. The van der Waals surface area contributed by atoms with Gasteiger partial charge < -0.3 is 14.4 Å². The summed E-state index contributed by atoms with van der Waals surface area (Å²) in [4.78, 5) is 35.0. The summed E-state index contributed by atoms with van der Waals surface area (Å²) < 4.78 is 10.4. The van der Waals surface area contributed by atoms with Crippen LogP contribution in [0.15, 0.2) is 30.6 Å². The molecule has 1 fully saturated rings. The van der Waals surface area contributed by atoms with E-state index in [0.717, 1.165) is 16.6 Å². The van der Waals surface area contributed by atoms with Crippen molar-refractivity contribution in [2.24, 2.45) is 5.92 Å². The molecule has 0 aliphatic carbocycles. The molecule has 0 saturated carbocycles. The second-order valence-electron chi connectivity index (χ2n) is 7.43. The van der Waals surface area contributed by atoms with Crippen LogP contribution in [-0.2, 0) is 14.3 Å². The Balaban J connectivity index is 1.89. The summed E-state index contributed by atoms with van der Waals surface area (Å²) in [6.45, 7) is 6.07. The van der Waals surface area contributed by atoms with Gasteiger partial charge in [-0.2, -0.15) is 0 Å². The number of methoxy groups -OCH3 is 1. The number of hydrogen-bond donors (Lipinski definition) is 0. The monoisotopic (exact) mass is 357 g/mol. The number of carbonyl (C=O) groups is 2. The molecule has 1 aliphatic heterocycles. The molecule has 0 unspecified atom stereocenters. The van der Waals surface area contributed by atoms with Crippen molar-refractivity contribution in [3.63, 3.8) is 0 Å². The lowest BCUT2D eigenvalue weighted by molar-refractivity contribution is -0.145. The molecule has 26 heavy (non-hydrogen) atoms. The molecule has 0 radical (unpaired) electrons. The zero-order chi connectivity index (χ0) is 18.9. The first kappa shape index (κ1) is 18.1. The zero-order valence-electron chi connectivity index (χ0n) is 15.4. The largest absolute Gasteiger partial charge is 0.469 e. The quantitative estimate of drug-likeness (QED) is 0.769. The molecule has 0 aromatic carbocycles. The number of nitrogens with zero attached hydrogens (tertiary/aromatic N) is 3. The van der Waals surface area contributed by atoms with Gasteiger partial charge in [0.05, 0.1) is 24.1 Å². The van der Waals surface area contributed by atoms with Crippen LogP contribution in [0.5, 0.6) is 0 Å². The summed E-state index contributed by atoms with van der Waals surface area (Å²) in [5.74, 6) is -1.02. The van der Waals surface area contributed by atoms with Gasteiger partial charge in [0.25, 0.3) is 0 Å². The van der Waals surface area contributed by atoms with Gasteiger partial charge in [0.1, 0.15) is 5.60 Å². The highest BCUT2D eigenvalue weighted by Gasteiger charge is 2.42. The molecule has 138 valence electrons. The van der Waals surface area contributed by atoms with Crippen molar-refractivity contribution >= 4 is 23.1 Å². The number of fused-ring (bicyclic) bond motifs is 1. The van der Waals surface area contributed by atoms with Crippen molar-refractivity contribution in [1.82, 2.24) is 14.9 Å². The number of likely N-dealkylation sites (tertiary alicyclic amines) is 1. The Kier molecular flexibility index (Phi) is 4.80. The Morgan fingerprint density at radius 3 is 2.65 bits per heavy atom.